The van der Waals surface area contributed by atoms with Gasteiger partial charge in [-0.25, -0.2) is 4.57 Å². The van der Waals surface area contributed by atoms with Crippen molar-refractivity contribution in [2.24, 2.45) is 5.73 Å². The van der Waals surface area contributed by atoms with Crippen molar-refractivity contribution < 1.29 is 32.8 Å². The summed E-state index contributed by atoms with van der Waals surface area (Å²) >= 11 is 0. The minimum atomic E-state index is -4.27. The van der Waals surface area contributed by atoms with Gasteiger partial charge in [-0.3, -0.25) is 13.8 Å². The average molecular weight is 790 g/mol. The number of hydrogen-bond acceptors (Lipinski definition) is 7. The first-order valence-corrected chi connectivity index (χ1v) is 25.0. The first-order valence-electron chi connectivity index (χ1n) is 23.5. The predicted molar refractivity (Wildman–Crippen MR) is 229 cm³/mol. The largest absolute Gasteiger partial charge is 0.472 e. The number of unbranched alkanes of at least 4 members (excludes halogenated alkanes) is 33. The van der Waals surface area contributed by atoms with Crippen molar-refractivity contribution in [3.05, 3.63) is 0 Å². The average Bonchev–Trinajstić information content (AvgIpc) is 3.16. The summed E-state index contributed by atoms with van der Waals surface area (Å²) < 4.78 is 33.5. The van der Waals surface area contributed by atoms with Gasteiger partial charge < -0.3 is 20.1 Å². The van der Waals surface area contributed by atoms with Crippen molar-refractivity contribution >= 4 is 13.8 Å². The second-order valence-corrected chi connectivity index (χ2v) is 17.4. The first-order chi connectivity index (χ1) is 26.4. The van der Waals surface area contributed by atoms with Crippen molar-refractivity contribution in [2.45, 2.75) is 251 Å². The lowest BCUT2D eigenvalue weighted by Gasteiger charge is -2.20. The van der Waals surface area contributed by atoms with E-state index in [1.807, 2.05) is 0 Å². The van der Waals surface area contributed by atoms with Gasteiger partial charge in [-0.15, -0.1) is 0 Å². The SMILES string of the molecule is CCCCCCCCCCCCCCCCCCCCCCCC(=O)OC(COCCCCCCCCCCCCCCCC)COP(=O)(O)OCCN. The van der Waals surface area contributed by atoms with Crippen molar-refractivity contribution in [3.8, 4) is 0 Å². The number of phosphoric acid groups is 1. The highest BCUT2D eigenvalue weighted by Gasteiger charge is 2.25. The van der Waals surface area contributed by atoms with Crippen LogP contribution in [-0.4, -0.2) is 49.9 Å². The zero-order valence-corrected chi connectivity index (χ0v) is 36.9. The molecule has 0 aliphatic rings. The standard InChI is InChI=1S/C45H92NO7P/c1-3-5-7-9-11-13-15-17-19-20-21-22-23-24-25-26-28-30-32-34-36-38-45(47)53-44(43-52-54(48,49)51-41-39-46)42-50-40-37-35-33-31-29-27-18-16-14-12-10-8-6-4-2/h44H,3-43,46H2,1-2H3,(H,48,49). The number of phosphoric ester groups is 1. The van der Waals surface area contributed by atoms with E-state index >= 15 is 0 Å². The van der Waals surface area contributed by atoms with Gasteiger partial charge in [-0.2, -0.15) is 0 Å². The Balaban J connectivity index is 3.90. The number of carbonyl (C=O) groups excluding carboxylic acids is 1. The lowest BCUT2D eigenvalue weighted by molar-refractivity contribution is -0.154. The molecule has 3 N–H and O–H groups in total. The van der Waals surface area contributed by atoms with Gasteiger partial charge in [0.15, 0.2) is 0 Å². The Kier molecular flexibility index (Phi) is 43.2. The third kappa shape index (κ3) is 42.6. The van der Waals surface area contributed by atoms with Crippen LogP contribution in [0.2, 0.25) is 0 Å². The van der Waals surface area contributed by atoms with Crippen LogP contribution < -0.4 is 5.73 Å². The predicted octanol–water partition coefficient (Wildman–Crippen LogP) is 14.1. The van der Waals surface area contributed by atoms with Gasteiger partial charge in [-0.05, 0) is 12.8 Å². The van der Waals surface area contributed by atoms with Crippen LogP contribution in [0, 0.1) is 0 Å². The van der Waals surface area contributed by atoms with Gasteiger partial charge in [0.1, 0.15) is 6.10 Å². The summed E-state index contributed by atoms with van der Waals surface area (Å²) in [5.41, 5.74) is 5.38. The molecule has 0 saturated heterocycles. The van der Waals surface area contributed by atoms with E-state index < -0.39 is 13.9 Å². The number of esters is 1. The lowest BCUT2D eigenvalue weighted by atomic mass is 10.0. The summed E-state index contributed by atoms with van der Waals surface area (Å²) in [4.78, 5) is 22.5. The minimum absolute atomic E-state index is 0.0899. The smallest absolute Gasteiger partial charge is 0.457 e. The topological polar surface area (TPSA) is 117 Å². The van der Waals surface area contributed by atoms with E-state index in [9.17, 15) is 14.3 Å². The molecule has 0 amide bonds. The Hall–Kier alpha value is -0.500. The van der Waals surface area contributed by atoms with E-state index in [2.05, 4.69) is 13.8 Å². The maximum Gasteiger partial charge on any atom is 0.472 e. The second-order valence-electron chi connectivity index (χ2n) is 16.0. The van der Waals surface area contributed by atoms with Crippen molar-refractivity contribution in [1.29, 1.82) is 0 Å². The number of nitrogens with two attached hydrogens (primary N) is 1. The molecule has 0 aliphatic carbocycles. The molecule has 8 nitrogen and oxygen atoms in total. The van der Waals surface area contributed by atoms with E-state index in [-0.39, 0.29) is 32.3 Å². The molecule has 2 atom stereocenters. The number of hydrogen-bond donors (Lipinski definition) is 2. The Labute approximate surface area is 335 Å². The molecule has 0 aliphatic heterocycles. The van der Waals surface area contributed by atoms with Gasteiger partial charge in [-0.1, -0.05) is 226 Å². The van der Waals surface area contributed by atoms with E-state index in [1.54, 1.807) is 0 Å². The van der Waals surface area contributed by atoms with Crippen LogP contribution in [0.1, 0.15) is 245 Å². The zero-order chi connectivity index (χ0) is 39.5. The maximum absolute atomic E-state index is 12.6. The molecule has 0 radical (unpaired) electrons. The van der Waals surface area contributed by atoms with Gasteiger partial charge in [0, 0.05) is 19.6 Å². The molecule has 0 rings (SSSR count). The molecule has 54 heavy (non-hydrogen) atoms. The Bertz CT molecular complexity index is 802. The van der Waals surface area contributed by atoms with Crippen LogP contribution >= 0.6 is 7.82 Å². The molecular formula is C45H92NO7P. The zero-order valence-electron chi connectivity index (χ0n) is 36.0. The molecule has 9 heteroatoms. The van der Waals surface area contributed by atoms with Gasteiger partial charge in [0.2, 0.25) is 0 Å². The fourth-order valence-electron chi connectivity index (χ4n) is 7.06. The molecule has 0 heterocycles. The van der Waals surface area contributed by atoms with Crippen LogP contribution in [0.3, 0.4) is 0 Å². The van der Waals surface area contributed by atoms with Crippen LogP contribution in [0.5, 0.6) is 0 Å². The van der Waals surface area contributed by atoms with Gasteiger partial charge in [0.05, 0.1) is 19.8 Å². The Morgan fingerprint density at radius 3 is 1.17 bits per heavy atom. The quantitative estimate of drug-likeness (QED) is 0.0356. The third-order valence-corrected chi connectivity index (χ3v) is 11.5. The molecule has 0 fully saturated rings. The second kappa shape index (κ2) is 43.6. The van der Waals surface area contributed by atoms with Crippen molar-refractivity contribution in [3.63, 3.8) is 0 Å². The highest BCUT2D eigenvalue weighted by atomic mass is 31.2. The lowest BCUT2D eigenvalue weighted by Crippen LogP contribution is -2.28. The van der Waals surface area contributed by atoms with Crippen LogP contribution in [0.4, 0.5) is 0 Å². The Morgan fingerprint density at radius 1 is 0.481 bits per heavy atom. The Morgan fingerprint density at radius 2 is 0.815 bits per heavy atom. The summed E-state index contributed by atoms with van der Waals surface area (Å²) in [6.45, 7) is 4.99. The number of ether oxygens (including phenoxy) is 2. The number of rotatable bonds is 46. The molecule has 0 bridgehead atoms. The highest BCUT2D eigenvalue weighted by molar-refractivity contribution is 7.47. The van der Waals surface area contributed by atoms with Crippen LogP contribution in [0.25, 0.3) is 0 Å². The van der Waals surface area contributed by atoms with E-state index in [4.69, 9.17) is 24.3 Å². The monoisotopic (exact) mass is 790 g/mol. The fourth-order valence-corrected chi connectivity index (χ4v) is 7.82. The van der Waals surface area contributed by atoms with E-state index in [0.29, 0.717) is 13.0 Å². The molecule has 0 aromatic rings. The van der Waals surface area contributed by atoms with Crippen LogP contribution in [0.15, 0.2) is 0 Å². The summed E-state index contributed by atoms with van der Waals surface area (Å²) in [5.74, 6) is -0.322. The highest BCUT2D eigenvalue weighted by Crippen LogP contribution is 2.43. The molecule has 0 saturated carbocycles. The molecule has 2 unspecified atom stereocenters. The molecular weight excluding hydrogens is 697 g/mol. The summed E-state index contributed by atoms with van der Waals surface area (Å²) in [6, 6.07) is 0. The van der Waals surface area contributed by atoms with Crippen molar-refractivity contribution in [2.75, 3.05) is 33.0 Å². The maximum atomic E-state index is 12.6. The van der Waals surface area contributed by atoms with Crippen molar-refractivity contribution in [1.82, 2.24) is 0 Å². The van der Waals surface area contributed by atoms with Crippen LogP contribution in [-0.2, 0) is 27.9 Å². The molecule has 0 aromatic carbocycles. The third-order valence-electron chi connectivity index (χ3n) is 10.5. The molecule has 324 valence electrons. The summed E-state index contributed by atoms with van der Waals surface area (Å²) in [5, 5.41) is 0. The van der Waals surface area contributed by atoms with E-state index in [1.165, 1.54) is 193 Å². The van der Waals surface area contributed by atoms with E-state index in [0.717, 1.165) is 32.1 Å². The first kappa shape index (κ1) is 53.5. The fraction of sp³-hybridized carbons (Fsp3) is 0.978. The van der Waals surface area contributed by atoms with Gasteiger partial charge >= 0.3 is 13.8 Å². The molecule has 0 spiro atoms. The molecule has 0 aromatic heterocycles. The summed E-state index contributed by atoms with van der Waals surface area (Å²) in [6.07, 6.45) is 45.5. The number of carbonyl (C=O) groups is 1. The normalized spacial score (nSPS) is 13.3. The minimum Gasteiger partial charge on any atom is -0.457 e. The van der Waals surface area contributed by atoms with Gasteiger partial charge in [0.25, 0.3) is 0 Å². The summed E-state index contributed by atoms with van der Waals surface area (Å²) in [7, 11) is -4.27.